The molecule has 0 saturated carbocycles. The first-order chi connectivity index (χ1) is 16.3. The summed E-state index contributed by atoms with van der Waals surface area (Å²) in [5.41, 5.74) is 1.76. The van der Waals surface area contributed by atoms with E-state index in [9.17, 15) is 13.2 Å². The SMILES string of the molecule is COc1ccc(S(=O)(=O)N2CCOCC2)cc1C(=O)N1CCCSC1=Nc1ccc(C)c(Cl)c1. The first-order valence-electron chi connectivity index (χ1n) is 10.9. The van der Waals surface area contributed by atoms with Gasteiger partial charge in [-0.05, 0) is 49.2 Å². The highest BCUT2D eigenvalue weighted by atomic mass is 35.5. The van der Waals surface area contributed by atoms with Crippen molar-refractivity contribution >= 4 is 50.1 Å². The lowest BCUT2D eigenvalue weighted by molar-refractivity contribution is 0.0730. The highest BCUT2D eigenvalue weighted by molar-refractivity contribution is 8.13. The second-order valence-electron chi connectivity index (χ2n) is 7.87. The minimum absolute atomic E-state index is 0.0482. The zero-order chi connectivity index (χ0) is 24.3. The molecule has 2 aliphatic heterocycles. The van der Waals surface area contributed by atoms with Gasteiger partial charge in [-0.15, -0.1) is 0 Å². The molecule has 0 aromatic heterocycles. The predicted octanol–water partition coefficient (Wildman–Crippen LogP) is 3.94. The molecule has 2 saturated heterocycles. The van der Waals surface area contributed by atoms with Gasteiger partial charge in [-0.3, -0.25) is 9.69 Å². The van der Waals surface area contributed by atoms with Crippen molar-refractivity contribution < 1.29 is 22.7 Å². The monoisotopic (exact) mass is 523 g/mol. The van der Waals surface area contributed by atoms with Gasteiger partial charge in [-0.1, -0.05) is 29.4 Å². The molecule has 0 radical (unpaired) electrons. The van der Waals surface area contributed by atoms with Crippen LogP contribution < -0.4 is 4.74 Å². The van der Waals surface area contributed by atoms with Crippen molar-refractivity contribution in [2.45, 2.75) is 18.2 Å². The van der Waals surface area contributed by atoms with Gasteiger partial charge in [0.15, 0.2) is 5.17 Å². The molecule has 4 rings (SSSR count). The number of aliphatic imine (C=N–C) groups is 1. The first-order valence-corrected chi connectivity index (χ1v) is 13.7. The Kier molecular flexibility index (Phi) is 7.83. The molecule has 0 bridgehead atoms. The van der Waals surface area contributed by atoms with Gasteiger partial charge >= 0.3 is 0 Å². The van der Waals surface area contributed by atoms with Gasteiger partial charge in [0, 0.05) is 30.4 Å². The molecular weight excluding hydrogens is 498 g/mol. The fourth-order valence-electron chi connectivity index (χ4n) is 3.70. The molecule has 0 aliphatic carbocycles. The maximum Gasteiger partial charge on any atom is 0.263 e. The van der Waals surface area contributed by atoms with Crippen molar-refractivity contribution in [2.24, 2.45) is 4.99 Å². The topological polar surface area (TPSA) is 88.5 Å². The number of benzene rings is 2. The summed E-state index contributed by atoms with van der Waals surface area (Å²) in [4.78, 5) is 19.9. The largest absolute Gasteiger partial charge is 0.496 e. The Balaban J connectivity index is 1.69. The van der Waals surface area contributed by atoms with Gasteiger partial charge in [-0.25, -0.2) is 13.4 Å². The highest BCUT2D eigenvalue weighted by Gasteiger charge is 2.31. The summed E-state index contributed by atoms with van der Waals surface area (Å²) in [6.07, 6.45) is 0.790. The van der Waals surface area contributed by atoms with Crippen LogP contribution in [0.2, 0.25) is 5.02 Å². The van der Waals surface area contributed by atoms with E-state index < -0.39 is 10.0 Å². The summed E-state index contributed by atoms with van der Waals surface area (Å²) in [6.45, 7) is 3.61. The van der Waals surface area contributed by atoms with E-state index in [0.29, 0.717) is 41.4 Å². The average Bonchev–Trinajstić information content (AvgIpc) is 2.86. The number of aryl methyl sites for hydroxylation is 1. The zero-order valence-corrected chi connectivity index (χ0v) is 21.4. The van der Waals surface area contributed by atoms with Gasteiger partial charge < -0.3 is 9.47 Å². The summed E-state index contributed by atoms with van der Waals surface area (Å²) in [5, 5.41) is 1.14. The second kappa shape index (κ2) is 10.7. The van der Waals surface area contributed by atoms with Crippen molar-refractivity contribution in [1.82, 2.24) is 9.21 Å². The molecule has 2 aromatic carbocycles. The van der Waals surface area contributed by atoms with E-state index in [0.717, 1.165) is 17.7 Å². The molecular formula is C23H26ClN3O5S2. The van der Waals surface area contributed by atoms with Crippen molar-refractivity contribution in [2.75, 3.05) is 45.7 Å². The molecule has 2 aliphatic rings. The minimum Gasteiger partial charge on any atom is -0.496 e. The van der Waals surface area contributed by atoms with Crippen LogP contribution in [-0.2, 0) is 14.8 Å². The van der Waals surface area contributed by atoms with Gasteiger partial charge in [-0.2, -0.15) is 4.31 Å². The summed E-state index contributed by atoms with van der Waals surface area (Å²) in [5.74, 6) is 0.768. The van der Waals surface area contributed by atoms with Crippen molar-refractivity contribution in [3.8, 4) is 5.75 Å². The van der Waals surface area contributed by atoms with Crippen LogP contribution in [0.3, 0.4) is 0 Å². The number of halogens is 1. The van der Waals surface area contributed by atoms with E-state index in [2.05, 4.69) is 4.99 Å². The van der Waals surface area contributed by atoms with E-state index in [-0.39, 0.29) is 29.5 Å². The molecule has 2 fully saturated rings. The molecule has 2 heterocycles. The number of hydrogen-bond acceptors (Lipinski definition) is 7. The molecule has 1 amide bonds. The van der Waals surface area contributed by atoms with Gasteiger partial charge in [0.1, 0.15) is 5.75 Å². The number of methoxy groups -OCH3 is 1. The minimum atomic E-state index is -3.77. The van der Waals surface area contributed by atoms with Crippen molar-refractivity contribution in [3.63, 3.8) is 0 Å². The predicted molar refractivity (Wildman–Crippen MR) is 134 cm³/mol. The zero-order valence-electron chi connectivity index (χ0n) is 19.0. The number of nitrogens with zero attached hydrogens (tertiary/aromatic N) is 3. The lowest BCUT2D eigenvalue weighted by Crippen LogP contribution is -2.41. The fraction of sp³-hybridized carbons (Fsp3) is 0.391. The third kappa shape index (κ3) is 5.26. The fourth-order valence-corrected chi connectivity index (χ4v) is 6.26. The average molecular weight is 524 g/mol. The molecule has 0 spiro atoms. The van der Waals surface area contributed by atoms with Crippen molar-refractivity contribution in [3.05, 3.63) is 52.5 Å². The van der Waals surface area contributed by atoms with E-state index in [1.165, 1.54) is 41.4 Å². The smallest absolute Gasteiger partial charge is 0.263 e. The number of rotatable bonds is 5. The summed E-state index contributed by atoms with van der Waals surface area (Å²) >= 11 is 7.72. The third-order valence-corrected chi connectivity index (χ3v) is 8.99. The Morgan fingerprint density at radius 2 is 1.91 bits per heavy atom. The molecule has 182 valence electrons. The number of amidine groups is 1. The maximum atomic E-state index is 13.7. The quantitative estimate of drug-likeness (QED) is 0.589. The Morgan fingerprint density at radius 1 is 1.15 bits per heavy atom. The first kappa shape index (κ1) is 25.0. The summed E-state index contributed by atoms with van der Waals surface area (Å²) < 4.78 is 38.4. The Morgan fingerprint density at radius 3 is 2.62 bits per heavy atom. The number of carbonyl (C=O) groups is 1. The third-order valence-electron chi connectivity index (χ3n) is 5.62. The number of ether oxygens (including phenoxy) is 2. The highest BCUT2D eigenvalue weighted by Crippen LogP contribution is 2.30. The lowest BCUT2D eigenvalue weighted by atomic mass is 10.1. The van der Waals surface area contributed by atoms with E-state index >= 15 is 0 Å². The van der Waals surface area contributed by atoms with Crippen molar-refractivity contribution in [1.29, 1.82) is 0 Å². The Hall–Kier alpha value is -2.11. The van der Waals surface area contributed by atoms with E-state index in [4.69, 9.17) is 21.1 Å². The number of thioether (sulfide) groups is 1. The van der Waals surface area contributed by atoms with Gasteiger partial charge in [0.2, 0.25) is 10.0 Å². The van der Waals surface area contributed by atoms with Crippen LogP contribution in [0.5, 0.6) is 5.75 Å². The normalized spacial score (nSPS) is 18.8. The van der Waals surface area contributed by atoms with Gasteiger partial charge in [0.25, 0.3) is 5.91 Å². The number of hydrogen-bond donors (Lipinski definition) is 0. The van der Waals surface area contributed by atoms with Crippen LogP contribution in [0.25, 0.3) is 0 Å². The molecule has 11 heteroatoms. The molecule has 34 heavy (non-hydrogen) atoms. The standard InChI is InChI=1S/C23H26ClN3O5S2/c1-16-4-5-17(14-20(16)24)25-23-27(8-3-13-33-23)22(28)19-15-18(6-7-21(19)31-2)34(29,30)26-9-11-32-12-10-26/h4-7,14-15H,3,8-13H2,1-2H3. The molecule has 0 N–H and O–H groups in total. The van der Waals surface area contributed by atoms with Crippen LogP contribution in [0.1, 0.15) is 22.3 Å². The van der Waals surface area contributed by atoms with E-state index in [1.54, 1.807) is 11.0 Å². The van der Waals surface area contributed by atoms with Crippen LogP contribution in [0.15, 0.2) is 46.3 Å². The van der Waals surface area contributed by atoms with Crippen LogP contribution in [-0.4, -0.2) is 74.4 Å². The molecule has 0 unspecified atom stereocenters. The van der Waals surface area contributed by atoms with E-state index in [1.807, 2.05) is 19.1 Å². The Bertz CT molecular complexity index is 1210. The summed E-state index contributed by atoms with van der Waals surface area (Å²) in [7, 11) is -2.31. The van der Waals surface area contributed by atoms with Crippen LogP contribution in [0.4, 0.5) is 5.69 Å². The molecule has 8 nitrogen and oxygen atoms in total. The molecule has 0 atom stereocenters. The summed E-state index contributed by atoms with van der Waals surface area (Å²) in [6, 6.07) is 9.87. The van der Waals surface area contributed by atoms with Crippen LogP contribution in [0, 0.1) is 6.92 Å². The van der Waals surface area contributed by atoms with Crippen LogP contribution >= 0.6 is 23.4 Å². The van der Waals surface area contributed by atoms with Gasteiger partial charge in [0.05, 0.1) is 36.5 Å². The maximum absolute atomic E-state index is 13.7. The lowest BCUT2D eigenvalue weighted by Gasteiger charge is -2.29. The number of carbonyl (C=O) groups excluding carboxylic acids is 1. The number of amides is 1. The Labute approximate surface area is 208 Å². The number of morpholine rings is 1. The number of sulfonamides is 1. The second-order valence-corrected chi connectivity index (χ2v) is 11.3. The molecule has 2 aromatic rings.